The van der Waals surface area contributed by atoms with E-state index in [4.69, 9.17) is 5.11 Å². The molecule has 2 amide bonds. The van der Waals surface area contributed by atoms with Crippen molar-refractivity contribution >= 4 is 23.6 Å². The molecule has 1 aromatic heterocycles. The number of carbonyl (C=O) groups excluding carboxylic acids is 2. The fraction of sp³-hybridized carbons (Fsp3) is 0.455. The highest BCUT2D eigenvalue weighted by Crippen LogP contribution is 2.09. The van der Waals surface area contributed by atoms with Crippen molar-refractivity contribution in [3.63, 3.8) is 0 Å². The van der Waals surface area contributed by atoms with Gasteiger partial charge >= 0.3 is 5.97 Å². The quantitative estimate of drug-likeness (QED) is 0.607. The lowest BCUT2D eigenvalue weighted by molar-refractivity contribution is -0.126. The number of carboxylic acid groups (broad SMARTS) is 1. The Balaban J connectivity index is 2.75. The highest BCUT2D eigenvalue weighted by molar-refractivity contribution is 5.97. The van der Waals surface area contributed by atoms with Gasteiger partial charge in [0.2, 0.25) is 11.8 Å². The van der Waals surface area contributed by atoms with Crippen molar-refractivity contribution in [1.29, 1.82) is 0 Å². The van der Waals surface area contributed by atoms with Crippen molar-refractivity contribution in [3.05, 3.63) is 11.8 Å². The second-order valence-electron chi connectivity index (χ2n) is 4.38. The van der Waals surface area contributed by atoms with Crippen molar-refractivity contribution in [1.82, 2.24) is 15.5 Å². The molecule has 0 aliphatic carbocycles. The third-order valence-corrected chi connectivity index (χ3v) is 2.37. The third kappa shape index (κ3) is 4.09. The minimum absolute atomic E-state index is 0.0957. The first-order chi connectivity index (χ1) is 8.81. The lowest BCUT2D eigenvalue weighted by Crippen LogP contribution is -2.46. The van der Waals surface area contributed by atoms with Crippen LogP contribution in [0.25, 0.3) is 0 Å². The van der Waals surface area contributed by atoms with E-state index in [1.165, 1.54) is 13.0 Å². The number of hydrogen-bond donors (Lipinski definition) is 4. The lowest BCUT2D eigenvalue weighted by Gasteiger charge is -2.20. The summed E-state index contributed by atoms with van der Waals surface area (Å²) in [5.41, 5.74) is -0.129. The highest BCUT2D eigenvalue weighted by Gasteiger charge is 2.23. The Labute approximate surface area is 109 Å². The first-order valence-corrected chi connectivity index (χ1v) is 5.68. The van der Waals surface area contributed by atoms with Crippen molar-refractivity contribution in [2.75, 3.05) is 5.32 Å². The van der Waals surface area contributed by atoms with Crippen LogP contribution in [-0.2, 0) is 9.59 Å². The molecule has 0 saturated heterocycles. The van der Waals surface area contributed by atoms with Crippen molar-refractivity contribution in [3.8, 4) is 0 Å². The molecule has 0 bridgehead atoms. The summed E-state index contributed by atoms with van der Waals surface area (Å²) in [6.45, 7) is 4.89. The topological polar surface area (TPSA) is 124 Å². The number of carbonyl (C=O) groups is 3. The Morgan fingerprint density at radius 1 is 1.37 bits per heavy atom. The molecule has 104 valence electrons. The van der Waals surface area contributed by atoms with E-state index >= 15 is 0 Å². The molecule has 1 aromatic rings. The molecule has 0 aliphatic heterocycles. The number of carboxylic acids is 1. The zero-order valence-electron chi connectivity index (χ0n) is 10.9. The standard InChI is InChI=1S/C11H16N4O4/c1-5(2)9(12-6(3)16)10(17)13-8-4-7(11(18)19)14-15-8/h4-5,9H,1-3H3,(H,12,16)(H,18,19)(H2,13,14,15,17). The summed E-state index contributed by atoms with van der Waals surface area (Å²) in [7, 11) is 0. The molecule has 19 heavy (non-hydrogen) atoms. The number of aromatic carboxylic acids is 1. The van der Waals surface area contributed by atoms with E-state index in [0.717, 1.165) is 0 Å². The fourth-order valence-electron chi connectivity index (χ4n) is 1.45. The molecule has 8 nitrogen and oxygen atoms in total. The summed E-state index contributed by atoms with van der Waals surface area (Å²) in [6.07, 6.45) is 0. The van der Waals surface area contributed by atoms with Crippen molar-refractivity contribution < 1.29 is 19.5 Å². The summed E-state index contributed by atoms with van der Waals surface area (Å²) in [5.74, 6) is -1.95. The van der Waals surface area contributed by atoms with Crippen LogP contribution in [0.3, 0.4) is 0 Å². The number of H-pyrrole nitrogens is 1. The molecule has 0 aromatic carbocycles. The summed E-state index contributed by atoms with van der Waals surface area (Å²) >= 11 is 0. The maximum absolute atomic E-state index is 11.9. The first kappa shape index (κ1) is 14.7. The van der Waals surface area contributed by atoms with Crippen molar-refractivity contribution in [2.24, 2.45) is 5.92 Å². The van der Waals surface area contributed by atoms with Gasteiger partial charge < -0.3 is 15.7 Å². The van der Waals surface area contributed by atoms with Crippen molar-refractivity contribution in [2.45, 2.75) is 26.8 Å². The molecule has 8 heteroatoms. The van der Waals surface area contributed by atoms with Crippen LogP contribution in [0.5, 0.6) is 0 Å². The molecule has 0 fully saturated rings. The number of aromatic amines is 1. The van der Waals surface area contributed by atoms with Gasteiger partial charge in [-0.05, 0) is 5.92 Å². The average molecular weight is 268 g/mol. The summed E-state index contributed by atoms with van der Waals surface area (Å²) in [6, 6.07) is 0.494. The van der Waals surface area contributed by atoms with Gasteiger partial charge in [0.05, 0.1) is 0 Å². The number of aromatic nitrogens is 2. The predicted molar refractivity (Wildman–Crippen MR) is 66.6 cm³/mol. The monoisotopic (exact) mass is 268 g/mol. The smallest absolute Gasteiger partial charge is 0.353 e. The maximum atomic E-state index is 11.9. The molecular weight excluding hydrogens is 252 g/mol. The Morgan fingerprint density at radius 2 is 2.00 bits per heavy atom. The van der Waals surface area contributed by atoms with E-state index in [9.17, 15) is 14.4 Å². The summed E-state index contributed by atoms with van der Waals surface area (Å²) < 4.78 is 0. The normalized spacial score (nSPS) is 12.0. The molecule has 1 heterocycles. The van der Waals surface area contributed by atoms with Gasteiger partial charge in [-0.15, -0.1) is 0 Å². The third-order valence-electron chi connectivity index (χ3n) is 2.37. The molecule has 0 spiro atoms. The van der Waals surface area contributed by atoms with Crippen LogP contribution in [0.15, 0.2) is 6.07 Å². The minimum atomic E-state index is -1.17. The second kappa shape index (κ2) is 5.98. The van der Waals surface area contributed by atoms with E-state index in [0.29, 0.717) is 0 Å². The molecule has 1 unspecified atom stereocenters. The Kier molecular flexibility index (Phi) is 4.62. The van der Waals surface area contributed by atoms with Crippen LogP contribution in [-0.4, -0.2) is 39.1 Å². The number of anilines is 1. The Morgan fingerprint density at radius 3 is 2.42 bits per heavy atom. The van der Waals surface area contributed by atoms with Crippen LogP contribution in [0, 0.1) is 5.92 Å². The zero-order chi connectivity index (χ0) is 14.6. The molecule has 1 rings (SSSR count). The minimum Gasteiger partial charge on any atom is -0.477 e. The number of hydrogen-bond acceptors (Lipinski definition) is 4. The molecule has 0 aliphatic rings. The number of rotatable bonds is 5. The van der Waals surface area contributed by atoms with Gasteiger partial charge in [-0.2, -0.15) is 5.10 Å². The van der Waals surface area contributed by atoms with Gasteiger partial charge in [0.15, 0.2) is 5.82 Å². The van der Waals surface area contributed by atoms with Gasteiger partial charge in [-0.1, -0.05) is 13.8 Å². The van der Waals surface area contributed by atoms with E-state index < -0.39 is 17.9 Å². The van der Waals surface area contributed by atoms with Gasteiger partial charge in [0.1, 0.15) is 11.7 Å². The fourth-order valence-corrected chi connectivity index (χ4v) is 1.45. The summed E-state index contributed by atoms with van der Waals surface area (Å²) in [4.78, 5) is 33.6. The van der Waals surface area contributed by atoms with Crippen LogP contribution in [0.1, 0.15) is 31.3 Å². The van der Waals surface area contributed by atoms with E-state index in [-0.39, 0.29) is 23.3 Å². The number of nitrogens with one attached hydrogen (secondary N) is 3. The van der Waals surface area contributed by atoms with Gasteiger partial charge in [0.25, 0.3) is 0 Å². The van der Waals surface area contributed by atoms with E-state index in [2.05, 4.69) is 20.8 Å². The number of nitrogens with zero attached hydrogens (tertiary/aromatic N) is 1. The van der Waals surface area contributed by atoms with E-state index in [1.807, 2.05) is 0 Å². The predicted octanol–water partition coefficient (Wildman–Crippen LogP) is 0.207. The van der Waals surface area contributed by atoms with E-state index in [1.54, 1.807) is 13.8 Å². The van der Waals surface area contributed by atoms with Crippen LogP contribution >= 0.6 is 0 Å². The summed E-state index contributed by atoms with van der Waals surface area (Å²) in [5, 5.41) is 19.6. The molecule has 1 atom stereocenters. The number of amides is 2. The van der Waals surface area contributed by atoms with Crippen LogP contribution in [0.2, 0.25) is 0 Å². The van der Waals surface area contributed by atoms with Gasteiger partial charge in [-0.25, -0.2) is 4.79 Å². The molecular formula is C11H16N4O4. The van der Waals surface area contributed by atoms with Crippen LogP contribution in [0.4, 0.5) is 5.82 Å². The largest absolute Gasteiger partial charge is 0.477 e. The SMILES string of the molecule is CC(=O)NC(C(=O)Nc1cc(C(=O)O)[nH]n1)C(C)C. The van der Waals surface area contributed by atoms with Gasteiger partial charge in [-0.3, -0.25) is 14.7 Å². The zero-order valence-corrected chi connectivity index (χ0v) is 10.9. The van der Waals surface area contributed by atoms with Crippen LogP contribution < -0.4 is 10.6 Å². The first-order valence-electron chi connectivity index (χ1n) is 5.68. The molecule has 4 N–H and O–H groups in total. The second-order valence-corrected chi connectivity index (χ2v) is 4.38. The maximum Gasteiger partial charge on any atom is 0.353 e. The average Bonchev–Trinajstić information content (AvgIpc) is 2.73. The Hall–Kier alpha value is -2.38. The lowest BCUT2D eigenvalue weighted by atomic mass is 10.0. The molecule has 0 radical (unpaired) electrons. The van der Waals surface area contributed by atoms with Gasteiger partial charge in [0, 0.05) is 13.0 Å². The highest BCUT2D eigenvalue weighted by atomic mass is 16.4. The Bertz CT molecular complexity index is 495. The molecule has 0 saturated carbocycles.